The maximum Gasteiger partial charge on any atom is 0.131 e. The van der Waals surface area contributed by atoms with Crippen molar-refractivity contribution in [2.24, 2.45) is 0 Å². The molecule has 1 heterocycles. The molecule has 112 valence electrons. The van der Waals surface area contributed by atoms with Crippen LogP contribution in [0.3, 0.4) is 0 Å². The number of phenolic OH excluding ortho intramolecular Hbond substituents is 1. The Morgan fingerprint density at radius 2 is 2.29 bits per heavy atom. The van der Waals surface area contributed by atoms with Gasteiger partial charge in [0.25, 0.3) is 0 Å². The minimum absolute atomic E-state index is 0.0411. The molecule has 1 aliphatic carbocycles. The highest BCUT2D eigenvalue weighted by Crippen LogP contribution is 2.32. The van der Waals surface area contributed by atoms with Crippen LogP contribution in [0.4, 0.5) is 4.39 Å². The van der Waals surface area contributed by atoms with Crippen LogP contribution >= 0.6 is 0 Å². The minimum Gasteiger partial charge on any atom is -0.508 e. The van der Waals surface area contributed by atoms with E-state index in [0.717, 1.165) is 25.3 Å². The maximum absolute atomic E-state index is 13.9. The predicted molar refractivity (Wildman–Crippen MR) is 78.5 cm³/mol. The first-order valence-corrected chi connectivity index (χ1v) is 7.37. The molecule has 21 heavy (non-hydrogen) atoms. The number of rotatable bonds is 4. The molecule has 1 aliphatic rings. The van der Waals surface area contributed by atoms with Crippen LogP contribution in [0.5, 0.6) is 5.75 Å². The quantitative estimate of drug-likeness (QED) is 0.909. The number of hydrogen-bond donors (Lipinski definition) is 2. The molecule has 3 unspecified atom stereocenters. The monoisotopic (exact) mass is 289 g/mol. The number of hydrogen-bond acceptors (Lipinski definition) is 3. The van der Waals surface area contributed by atoms with Crippen LogP contribution in [0.2, 0.25) is 0 Å². The summed E-state index contributed by atoms with van der Waals surface area (Å²) in [5.74, 6) is -0.409. The van der Waals surface area contributed by atoms with Crippen molar-refractivity contribution in [3.05, 3.63) is 48.3 Å². The molecule has 0 bridgehead atoms. The Balaban J connectivity index is 1.73. The Labute approximate surface area is 123 Å². The zero-order chi connectivity index (χ0) is 14.8. The Bertz CT molecular complexity index is 600. The van der Waals surface area contributed by atoms with Crippen molar-refractivity contribution in [3.8, 4) is 5.75 Å². The summed E-state index contributed by atoms with van der Waals surface area (Å²) in [6.07, 6.45) is 8.96. The van der Waals surface area contributed by atoms with E-state index in [9.17, 15) is 9.50 Å². The second-order valence-corrected chi connectivity index (χ2v) is 5.71. The number of nitrogens with one attached hydrogen (secondary N) is 1. The first-order valence-electron chi connectivity index (χ1n) is 7.37. The average Bonchev–Trinajstić information content (AvgIpc) is 3.08. The van der Waals surface area contributed by atoms with Crippen molar-refractivity contribution < 1.29 is 9.50 Å². The van der Waals surface area contributed by atoms with E-state index in [-0.39, 0.29) is 17.6 Å². The molecule has 5 heteroatoms. The topological polar surface area (TPSA) is 50.1 Å². The summed E-state index contributed by atoms with van der Waals surface area (Å²) in [7, 11) is 0. The molecule has 2 N–H and O–H groups in total. The van der Waals surface area contributed by atoms with Gasteiger partial charge in [0, 0.05) is 42.1 Å². The van der Waals surface area contributed by atoms with E-state index in [1.807, 2.05) is 19.4 Å². The van der Waals surface area contributed by atoms with Gasteiger partial charge in [-0.3, -0.25) is 0 Å². The van der Waals surface area contributed by atoms with Gasteiger partial charge in [0.1, 0.15) is 11.6 Å². The van der Waals surface area contributed by atoms with Crippen LogP contribution in [0.25, 0.3) is 0 Å². The summed E-state index contributed by atoms with van der Waals surface area (Å²) in [6.45, 7) is 1.96. The molecule has 0 amide bonds. The summed E-state index contributed by atoms with van der Waals surface area (Å²) in [4.78, 5) is 4.11. The van der Waals surface area contributed by atoms with Gasteiger partial charge in [-0.1, -0.05) is 6.07 Å². The second-order valence-electron chi connectivity index (χ2n) is 5.71. The van der Waals surface area contributed by atoms with Crippen molar-refractivity contribution in [2.45, 2.75) is 44.3 Å². The Morgan fingerprint density at radius 3 is 3.00 bits per heavy atom. The summed E-state index contributed by atoms with van der Waals surface area (Å²) in [5, 5.41) is 12.8. The largest absolute Gasteiger partial charge is 0.508 e. The SMILES string of the molecule is CC(NC1CCCC1n1ccnc1)c1ccc(O)cc1F. The van der Waals surface area contributed by atoms with E-state index in [2.05, 4.69) is 14.9 Å². The van der Waals surface area contributed by atoms with Gasteiger partial charge in [-0.05, 0) is 32.3 Å². The van der Waals surface area contributed by atoms with Gasteiger partial charge in [-0.2, -0.15) is 0 Å². The molecule has 2 aromatic rings. The van der Waals surface area contributed by atoms with Gasteiger partial charge in [0.05, 0.1) is 6.33 Å². The number of imidazole rings is 1. The smallest absolute Gasteiger partial charge is 0.131 e. The summed E-state index contributed by atoms with van der Waals surface area (Å²) < 4.78 is 16.1. The van der Waals surface area contributed by atoms with Gasteiger partial charge in [0.15, 0.2) is 0 Å². The molecule has 0 radical (unpaired) electrons. The first-order chi connectivity index (χ1) is 10.1. The first kappa shape index (κ1) is 14.1. The molecule has 3 rings (SSSR count). The summed E-state index contributed by atoms with van der Waals surface area (Å²) in [6, 6.07) is 4.91. The van der Waals surface area contributed by atoms with Crippen molar-refractivity contribution in [1.29, 1.82) is 0 Å². The van der Waals surface area contributed by atoms with Crippen molar-refractivity contribution in [1.82, 2.24) is 14.9 Å². The van der Waals surface area contributed by atoms with Gasteiger partial charge in [-0.15, -0.1) is 0 Å². The third kappa shape index (κ3) is 2.93. The summed E-state index contributed by atoms with van der Waals surface area (Å²) >= 11 is 0. The highest BCUT2D eigenvalue weighted by atomic mass is 19.1. The van der Waals surface area contributed by atoms with Crippen LogP contribution in [0.1, 0.15) is 43.8 Å². The Hall–Kier alpha value is -1.88. The van der Waals surface area contributed by atoms with Crippen molar-refractivity contribution in [2.75, 3.05) is 0 Å². The zero-order valence-electron chi connectivity index (χ0n) is 12.0. The lowest BCUT2D eigenvalue weighted by atomic mass is 10.0. The molecule has 1 saturated carbocycles. The van der Waals surface area contributed by atoms with Crippen LogP contribution in [0.15, 0.2) is 36.9 Å². The zero-order valence-corrected chi connectivity index (χ0v) is 12.0. The fourth-order valence-corrected chi connectivity index (χ4v) is 3.24. The molecule has 0 saturated heterocycles. The standard InChI is InChI=1S/C16H20FN3O/c1-11(13-6-5-12(21)9-14(13)17)19-15-3-2-4-16(15)20-8-7-18-10-20/h5-11,15-16,19,21H,2-4H2,1H3. The highest BCUT2D eigenvalue weighted by molar-refractivity contribution is 5.29. The molecule has 1 aromatic carbocycles. The fourth-order valence-electron chi connectivity index (χ4n) is 3.24. The van der Waals surface area contributed by atoms with Crippen LogP contribution in [-0.4, -0.2) is 20.7 Å². The van der Waals surface area contributed by atoms with E-state index >= 15 is 0 Å². The van der Waals surface area contributed by atoms with E-state index < -0.39 is 0 Å². The van der Waals surface area contributed by atoms with Crippen molar-refractivity contribution >= 4 is 0 Å². The Morgan fingerprint density at radius 1 is 1.43 bits per heavy atom. The molecular weight excluding hydrogens is 269 g/mol. The van der Waals surface area contributed by atoms with Crippen molar-refractivity contribution in [3.63, 3.8) is 0 Å². The van der Waals surface area contributed by atoms with Gasteiger partial charge in [0.2, 0.25) is 0 Å². The molecule has 0 aliphatic heterocycles. The minimum atomic E-state index is -0.368. The van der Waals surface area contributed by atoms with E-state index in [0.29, 0.717) is 17.6 Å². The van der Waals surface area contributed by atoms with Crippen LogP contribution in [0, 0.1) is 5.82 Å². The van der Waals surface area contributed by atoms with E-state index in [1.54, 1.807) is 12.3 Å². The molecule has 3 atom stereocenters. The fraction of sp³-hybridized carbons (Fsp3) is 0.438. The van der Waals surface area contributed by atoms with Gasteiger partial charge >= 0.3 is 0 Å². The highest BCUT2D eigenvalue weighted by Gasteiger charge is 2.29. The molecule has 0 spiro atoms. The van der Waals surface area contributed by atoms with Gasteiger partial charge < -0.3 is 15.0 Å². The van der Waals surface area contributed by atoms with Crippen LogP contribution < -0.4 is 5.32 Å². The molecule has 4 nitrogen and oxygen atoms in total. The molecular formula is C16H20FN3O. The third-order valence-electron chi connectivity index (χ3n) is 4.30. The number of aromatic nitrogens is 2. The lowest BCUT2D eigenvalue weighted by Crippen LogP contribution is -2.35. The lowest BCUT2D eigenvalue weighted by Gasteiger charge is -2.26. The van der Waals surface area contributed by atoms with Crippen LogP contribution in [-0.2, 0) is 0 Å². The normalized spacial score (nSPS) is 23.3. The van der Waals surface area contributed by atoms with E-state index in [4.69, 9.17) is 0 Å². The lowest BCUT2D eigenvalue weighted by molar-refractivity contribution is 0.358. The number of halogens is 1. The average molecular weight is 289 g/mol. The van der Waals surface area contributed by atoms with Gasteiger partial charge in [-0.25, -0.2) is 9.37 Å². The number of nitrogens with zero attached hydrogens (tertiary/aromatic N) is 2. The van der Waals surface area contributed by atoms with E-state index in [1.165, 1.54) is 6.07 Å². The second kappa shape index (κ2) is 5.85. The maximum atomic E-state index is 13.9. The predicted octanol–water partition coefficient (Wildman–Crippen LogP) is 3.17. The summed E-state index contributed by atoms with van der Waals surface area (Å²) in [5.41, 5.74) is 0.587. The number of benzene rings is 1. The third-order valence-corrected chi connectivity index (χ3v) is 4.30. The number of aromatic hydroxyl groups is 1. The number of phenols is 1. The molecule has 1 aromatic heterocycles. The molecule has 1 fully saturated rings. The Kier molecular flexibility index (Phi) is 3.92.